The topological polar surface area (TPSA) is 91.0 Å². The van der Waals surface area contributed by atoms with Crippen molar-refractivity contribution < 1.29 is 44.6 Å². The van der Waals surface area contributed by atoms with E-state index in [0.29, 0.717) is 0 Å². The van der Waals surface area contributed by atoms with Gasteiger partial charge in [-0.2, -0.15) is 0 Å². The van der Waals surface area contributed by atoms with Crippen molar-refractivity contribution in [1.82, 2.24) is 0 Å². The monoisotopic (exact) mass is 101 g/mol. The van der Waals surface area contributed by atoms with Crippen LogP contribution in [0.3, 0.4) is 0 Å². The number of hydrogen-bond donors (Lipinski definition) is 2. The summed E-state index contributed by atoms with van der Waals surface area (Å²) in [5, 5.41) is 13.9. The molecule has 4 nitrogen and oxygen atoms in total. The van der Waals surface area contributed by atoms with E-state index in [1.54, 1.807) is 0 Å². The fourth-order valence-corrected chi connectivity index (χ4v) is 0. The van der Waals surface area contributed by atoms with E-state index in [2.05, 4.69) is 0 Å². The first-order valence-electron chi connectivity index (χ1n) is 0.651. The Morgan fingerprint density at radius 1 is 1.33 bits per heavy atom. The zero-order valence-electron chi connectivity index (χ0n) is 3.38. The largest absolute Gasteiger partial charge is 1.00 e. The van der Waals surface area contributed by atoms with E-state index in [4.69, 9.17) is 15.0 Å². The van der Waals surface area contributed by atoms with Crippen LogP contribution in [0, 0.1) is 0 Å². The molecule has 32 valence electrons. The van der Waals surface area contributed by atoms with Gasteiger partial charge in [-0.25, -0.2) is 4.79 Å². The van der Waals surface area contributed by atoms with Gasteiger partial charge in [-0.05, 0) is 0 Å². The minimum absolute atomic E-state index is 0. The molecule has 0 aromatic carbocycles. The van der Waals surface area contributed by atoms with Crippen LogP contribution in [-0.4, -0.2) is 16.4 Å². The summed E-state index contributed by atoms with van der Waals surface area (Å²) in [4.78, 5) is 8.56. The quantitative estimate of drug-likeness (QED) is 0.344. The Labute approximate surface area is 57.0 Å². The fourth-order valence-electron chi connectivity index (χ4n) is 0. The van der Waals surface area contributed by atoms with Crippen molar-refractivity contribution >= 4 is 6.16 Å². The first kappa shape index (κ1) is 16.3. The second-order valence-corrected chi connectivity index (χ2v) is 0.283. The molecule has 0 atom stereocenters. The van der Waals surface area contributed by atoms with Gasteiger partial charge >= 0.3 is 35.7 Å². The Balaban J connectivity index is -0.0000000450. The number of rotatable bonds is 0. The zero-order valence-corrected chi connectivity index (χ0v) is 5.38. The molecule has 0 fully saturated rings. The molecule has 0 aromatic rings. The van der Waals surface area contributed by atoms with Crippen molar-refractivity contribution in [3.8, 4) is 0 Å². The molecular formula is CH4NNaO3. The van der Waals surface area contributed by atoms with Crippen molar-refractivity contribution in [3.05, 3.63) is 6.15 Å². The van der Waals surface area contributed by atoms with E-state index >= 15 is 0 Å². The number of hydrogen-bond acceptors (Lipinski definition) is 1. The summed E-state index contributed by atoms with van der Waals surface area (Å²) in [6.45, 7) is 0. The minimum atomic E-state index is -1.83. The molecule has 0 saturated heterocycles. The van der Waals surface area contributed by atoms with Crippen LogP contribution in [0.1, 0.15) is 0 Å². The fraction of sp³-hybridized carbons (Fsp3) is 0. The van der Waals surface area contributed by atoms with Gasteiger partial charge in [0, 0.05) is 0 Å². The molecule has 0 aliphatic heterocycles. The maximum absolute atomic E-state index is 8.56. The molecule has 6 heavy (non-hydrogen) atoms. The molecule has 0 aliphatic rings. The Bertz CT molecular complexity index is 33.8. The van der Waals surface area contributed by atoms with Gasteiger partial charge in [-0.15, -0.1) is 0 Å². The van der Waals surface area contributed by atoms with Crippen LogP contribution in [0.2, 0.25) is 0 Å². The minimum Gasteiger partial charge on any atom is -0.693 e. The van der Waals surface area contributed by atoms with Crippen LogP contribution in [0.15, 0.2) is 0 Å². The van der Waals surface area contributed by atoms with Crippen LogP contribution >= 0.6 is 0 Å². The van der Waals surface area contributed by atoms with Gasteiger partial charge in [0.05, 0.1) is 0 Å². The van der Waals surface area contributed by atoms with Crippen LogP contribution in [0.25, 0.3) is 6.15 Å². The summed E-state index contributed by atoms with van der Waals surface area (Å²) in [5.41, 5.74) is 0. The zero-order chi connectivity index (χ0) is 3.58. The van der Waals surface area contributed by atoms with E-state index in [0.717, 1.165) is 0 Å². The summed E-state index contributed by atoms with van der Waals surface area (Å²) in [5.74, 6) is 0. The predicted molar refractivity (Wildman–Crippen MR) is 15.9 cm³/mol. The number of carboxylic acid groups (broad SMARTS) is 2. The van der Waals surface area contributed by atoms with Crippen LogP contribution in [-0.2, 0) is 0 Å². The summed E-state index contributed by atoms with van der Waals surface area (Å²) in [6, 6.07) is 0. The number of carbonyl (C=O) groups is 1. The van der Waals surface area contributed by atoms with Crippen molar-refractivity contribution in [3.63, 3.8) is 0 Å². The Morgan fingerprint density at radius 3 is 1.33 bits per heavy atom. The maximum atomic E-state index is 8.56. The van der Waals surface area contributed by atoms with Gasteiger partial charge in [-0.3, -0.25) is 0 Å². The average molecular weight is 101 g/mol. The molecule has 0 saturated carbocycles. The normalized spacial score (nSPS) is 4.00. The molecule has 0 rings (SSSR count). The van der Waals surface area contributed by atoms with Crippen LogP contribution in [0.5, 0.6) is 0 Å². The van der Waals surface area contributed by atoms with Gasteiger partial charge in [0.2, 0.25) is 0 Å². The molecule has 0 bridgehead atoms. The van der Waals surface area contributed by atoms with Crippen molar-refractivity contribution in [1.29, 1.82) is 0 Å². The summed E-state index contributed by atoms with van der Waals surface area (Å²) < 4.78 is 0. The summed E-state index contributed by atoms with van der Waals surface area (Å²) in [7, 11) is 0. The van der Waals surface area contributed by atoms with Gasteiger partial charge in [0.1, 0.15) is 0 Å². The van der Waals surface area contributed by atoms with E-state index in [-0.39, 0.29) is 35.7 Å². The molecule has 0 heterocycles. The molecule has 4 N–H and O–H groups in total. The summed E-state index contributed by atoms with van der Waals surface area (Å²) >= 11 is 0. The molecule has 0 unspecified atom stereocenters. The van der Waals surface area contributed by atoms with Gasteiger partial charge < -0.3 is 16.4 Å². The Kier molecular flexibility index (Phi) is 24.4. The standard InChI is InChI=1S/CH2O3.H2N.Na/c2-1(3)4;;/h(H2,2,3,4);1H2;/q;-1;+1. The van der Waals surface area contributed by atoms with Crippen LogP contribution in [0.4, 0.5) is 4.79 Å². The first-order valence-corrected chi connectivity index (χ1v) is 0.651. The maximum Gasteiger partial charge on any atom is 1.00 e. The molecule has 5 heteroatoms. The van der Waals surface area contributed by atoms with Gasteiger partial charge in [0.25, 0.3) is 0 Å². The smallest absolute Gasteiger partial charge is 0.693 e. The van der Waals surface area contributed by atoms with Crippen LogP contribution < -0.4 is 29.6 Å². The third-order valence-corrected chi connectivity index (χ3v) is 0. The van der Waals surface area contributed by atoms with E-state index in [1.165, 1.54) is 0 Å². The second kappa shape index (κ2) is 8.97. The van der Waals surface area contributed by atoms with E-state index < -0.39 is 6.16 Å². The van der Waals surface area contributed by atoms with E-state index in [1.807, 2.05) is 0 Å². The summed E-state index contributed by atoms with van der Waals surface area (Å²) in [6.07, 6.45) is -1.83. The van der Waals surface area contributed by atoms with Gasteiger partial charge in [0.15, 0.2) is 0 Å². The SMILES string of the molecule is O=C(O)O.[NH2-].[Na+]. The second-order valence-electron chi connectivity index (χ2n) is 0.283. The predicted octanol–water partition coefficient (Wildman–Crippen LogP) is -2.06. The molecule has 0 amide bonds. The number of nitrogens with two attached hydrogens (primary N) is 1. The average Bonchev–Trinajstić information content (AvgIpc) is 0.811. The van der Waals surface area contributed by atoms with E-state index in [9.17, 15) is 0 Å². The first-order chi connectivity index (χ1) is 1.73. The molecule has 0 spiro atoms. The van der Waals surface area contributed by atoms with Crippen molar-refractivity contribution in [2.45, 2.75) is 0 Å². The van der Waals surface area contributed by atoms with Gasteiger partial charge in [-0.1, -0.05) is 0 Å². The third-order valence-electron chi connectivity index (χ3n) is 0. The molecular weight excluding hydrogens is 97.0 g/mol. The molecule has 0 aromatic heterocycles. The molecule has 0 radical (unpaired) electrons. The Morgan fingerprint density at radius 2 is 1.33 bits per heavy atom. The Hall–Kier alpha value is 0.230. The van der Waals surface area contributed by atoms with Crippen molar-refractivity contribution in [2.75, 3.05) is 0 Å². The third kappa shape index (κ3) is 834. The van der Waals surface area contributed by atoms with Crippen molar-refractivity contribution in [2.24, 2.45) is 0 Å². The molecule has 0 aliphatic carbocycles.